The number of ether oxygens (including phenoxy) is 2. The first kappa shape index (κ1) is 27.0. The molecule has 0 spiro atoms. The molecular weight excluding hydrogens is 515 g/mol. The lowest BCUT2D eigenvalue weighted by molar-refractivity contribution is 0.0693. The quantitative estimate of drug-likeness (QED) is 0.325. The van der Waals surface area contributed by atoms with E-state index in [-0.39, 0.29) is 34.9 Å². The van der Waals surface area contributed by atoms with Crippen molar-refractivity contribution in [2.24, 2.45) is 0 Å². The molecular formula is C25H25Cl3N2O5. The van der Waals surface area contributed by atoms with Crippen LogP contribution in [0.2, 0.25) is 10.2 Å². The third-order valence-electron chi connectivity index (χ3n) is 5.85. The van der Waals surface area contributed by atoms with E-state index in [0.717, 1.165) is 24.8 Å². The van der Waals surface area contributed by atoms with E-state index in [1.54, 1.807) is 18.2 Å². The maximum Gasteiger partial charge on any atom is 0.339 e. The van der Waals surface area contributed by atoms with Gasteiger partial charge in [-0.05, 0) is 66.8 Å². The highest BCUT2D eigenvalue weighted by molar-refractivity contribution is 6.41. The minimum Gasteiger partial charge on any atom is -0.496 e. The molecule has 0 unspecified atom stereocenters. The van der Waals surface area contributed by atoms with E-state index >= 15 is 0 Å². The molecule has 4 rings (SSSR count). The number of carbonyl (C=O) groups is 1. The monoisotopic (exact) mass is 538 g/mol. The van der Waals surface area contributed by atoms with E-state index in [4.69, 9.17) is 32.7 Å². The number of halogens is 3. The Kier molecular flexibility index (Phi) is 9.21. The van der Waals surface area contributed by atoms with Crippen LogP contribution in [0.25, 0.3) is 0 Å². The first-order valence-electron chi connectivity index (χ1n) is 10.8. The number of methoxy groups -OCH3 is 1. The molecule has 2 atom stereocenters. The zero-order chi connectivity index (χ0) is 24.2. The van der Waals surface area contributed by atoms with Gasteiger partial charge in [0.1, 0.15) is 28.0 Å². The molecule has 1 aliphatic rings. The lowest BCUT2D eigenvalue weighted by Crippen LogP contribution is -2.37. The molecule has 3 aromatic rings. The van der Waals surface area contributed by atoms with Crippen LogP contribution in [0.5, 0.6) is 17.2 Å². The van der Waals surface area contributed by atoms with Crippen LogP contribution in [0, 0.1) is 0 Å². The summed E-state index contributed by atoms with van der Waals surface area (Å²) in [6.45, 7) is 0.361. The van der Waals surface area contributed by atoms with Crippen LogP contribution in [0.1, 0.15) is 39.6 Å². The molecule has 0 saturated carbocycles. The Bertz CT molecular complexity index is 1210. The number of carboxylic acids is 1. The molecule has 0 amide bonds. The number of aliphatic hydroxyl groups is 1. The van der Waals surface area contributed by atoms with Crippen molar-refractivity contribution in [1.29, 1.82) is 0 Å². The minimum atomic E-state index is -1.08. The maximum absolute atomic E-state index is 11.5. The summed E-state index contributed by atoms with van der Waals surface area (Å²) in [5.74, 6) is 0.239. The van der Waals surface area contributed by atoms with Gasteiger partial charge in [-0.25, -0.2) is 9.78 Å². The van der Waals surface area contributed by atoms with E-state index in [1.165, 1.54) is 24.9 Å². The van der Waals surface area contributed by atoms with Crippen molar-refractivity contribution in [1.82, 2.24) is 10.3 Å². The molecule has 2 aromatic carbocycles. The fourth-order valence-corrected chi connectivity index (χ4v) is 4.32. The number of aryl methyl sites for hydroxylation is 1. The van der Waals surface area contributed by atoms with Crippen LogP contribution in [0.4, 0.5) is 0 Å². The number of benzene rings is 2. The standard InChI is InChI=1S/C25H24Cl2N2O5.ClH/c1-33-23-7-6-19(11-20(23)25(31)32)34-18-5-3-14-2-4-17(8-15(14)9-18)28-13-22(30)16-10-21(26)24(27)29-12-16;/h3,5-7,9-12,17,22,28,30H,2,4,8,13H2,1H3,(H,31,32);1H/t17-,22+;/m0./s1. The van der Waals surface area contributed by atoms with Gasteiger partial charge in [-0.2, -0.15) is 0 Å². The average Bonchev–Trinajstić information content (AvgIpc) is 2.83. The smallest absolute Gasteiger partial charge is 0.339 e. The van der Waals surface area contributed by atoms with Crippen molar-refractivity contribution in [3.8, 4) is 17.2 Å². The Morgan fingerprint density at radius 3 is 2.63 bits per heavy atom. The Balaban J connectivity index is 0.00000342. The number of hydrogen-bond acceptors (Lipinski definition) is 6. The highest BCUT2D eigenvalue weighted by Gasteiger charge is 2.21. The summed E-state index contributed by atoms with van der Waals surface area (Å²) >= 11 is 11.9. The molecule has 1 aromatic heterocycles. The van der Waals surface area contributed by atoms with Crippen molar-refractivity contribution in [2.45, 2.75) is 31.4 Å². The zero-order valence-corrected chi connectivity index (χ0v) is 21.2. The number of pyridine rings is 1. The Labute approximate surface area is 219 Å². The highest BCUT2D eigenvalue weighted by Crippen LogP contribution is 2.31. The number of aliphatic hydroxyl groups excluding tert-OH is 1. The molecule has 1 heterocycles. The second-order valence-corrected chi connectivity index (χ2v) is 8.87. The van der Waals surface area contributed by atoms with E-state index in [1.807, 2.05) is 18.2 Å². The highest BCUT2D eigenvalue weighted by atomic mass is 35.5. The summed E-state index contributed by atoms with van der Waals surface area (Å²) in [5, 5.41) is 23.8. The third kappa shape index (κ3) is 6.57. The molecule has 7 nitrogen and oxygen atoms in total. The topological polar surface area (TPSA) is 101 Å². The number of carboxylic acid groups (broad SMARTS) is 1. The second kappa shape index (κ2) is 11.9. The number of nitrogens with zero attached hydrogens (tertiary/aromatic N) is 1. The molecule has 186 valence electrons. The molecule has 0 saturated heterocycles. The van der Waals surface area contributed by atoms with Crippen LogP contribution >= 0.6 is 35.6 Å². The second-order valence-electron chi connectivity index (χ2n) is 8.10. The summed E-state index contributed by atoms with van der Waals surface area (Å²) < 4.78 is 11.0. The molecule has 0 bridgehead atoms. The minimum absolute atomic E-state index is 0. The number of fused-ring (bicyclic) bond motifs is 1. The first-order chi connectivity index (χ1) is 16.3. The number of aromatic nitrogens is 1. The Morgan fingerprint density at radius 1 is 1.17 bits per heavy atom. The van der Waals surface area contributed by atoms with E-state index in [9.17, 15) is 15.0 Å². The number of hydrogen-bond donors (Lipinski definition) is 3. The van der Waals surface area contributed by atoms with Crippen LogP contribution in [-0.2, 0) is 12.8 Å². The Hall–Kier alpha value is -2.55. The molecule has 0 radical (unpaired) electrons. The van der Waals surface area contributed by atoms with Crippen LogP contribution in [0.3, 0.4) is 0 Å². The predicted octanol–water partition coefficient (Wildman–Crippen LogP) is 5.49. The molecule has 0 fully saturated rings. The van der Waals surface area contributed by atoms with Crippen molar-refractivity contribution in [3.05, 3.63) is 81.1 Å². The third-order valence-corrected chi connectivity index (χ3v) is 6.53. The van der Waals surface area contributed by atoms with Gasteiger partial charge in [0.15, 0.2) is 0 Å². The molecule has 1 aliphatic carbocycles. The van der Waals surface area contributed by atoms with Crippen molar-refractivity contribution in [3.63, 3.8) is 0 Å². The van der Waals surface area contributed by atoms with Gasteiger partial charge in [-0.1, -0.05) is 29.3 Å². The number of nitrogens with one attached hydrogen (secondary N) is 1. The SMILES string of the molecule is COc1ccc(Oc2ccc3c(c2)C[C@@H](NC[C@@H](O)c2cnc(Cl)c(Cl)c2)CC3)cc1C(=O)O.Cl. The average molecular weight is 540 g/mol. The first-order valence-corrected chi connectivity index (χ1v) is 11.5. The van der Waals surface area contributed by atoms with E-state index in [0.29, 0.717) is 28.6 Å². The van der Waals surface area contributed by atoms with Gasteiger partial charge < -0.3 is 25.0 Å². The molecule has 10 heteroatoms. The van der Waals surface area contributed by atoms with Gasteiger partial charge in [0, 0.05) is 24.3 Å². The van der Waals surface area contributed by atoms with E-state index < -0.39 is 12.1 Å². The van der Waals surface area contributed by atoms with Gasteiger partial charge in [0.2, 0.25) is 0 Å². The van der Waals surface area contributed by atoms with Crippen molar-refractivity contribution in [2.75, 3.05) is 13.7 Å². The maximum atomic E-state index is 11.5. The number of rotatable bonds is 8. The molecule has 0 aliphatic heterocycles. The van der Waals surface area contributed by atoms with Crippen molar-refractivity contribution >= 4 is 41.6 Å². The normalized spacial score (nSPS) is 15.5. The number of aromatic carboxylic acids is 1. The lowest BCUT2D eigenvalue weighted by Gasteiger charge is -2.27. The van der Waals surface area contributed by atoms with Crippen molar-refractivity contribution < 1.29 is 24.5 Å². The lowest BCUT2D eigenvalue weighted by atomic mass is 9.88. The summed E-state index contributed by atoms with van der Waals surface area (Å²) in [5.41, 5.74) is 3.05. The zero-order valence-electron chi connectivity index (χ0n) is 18.8. The van der Waals surface area contributed by atoms with Gasteiger partial charge in [0.25, 0.3) is 0 Å². The van der Waals surface area contributed by atoms with Crippen LogP contribution < -0.4 is 14.8 Å². The van der Waals surface area contributed by atoms with Crippen LogP contribution in [-0.4, -0.2) is 40.9 Å². The molecule has 3 N–H and O–H groups in total. The largest absolute Gasteiger partial charge is 0.496 e. The summed E-state index contributed by atoms with van der Waals surface area (Å²) in [7, 11) is 1.43. The summed E-state index contributed by atoms with van der Waals surface area (Å²) in [6, 6.07) is 12.4. The van der Waals surface area contributed by atoms with E-state index in [2.05, 4.69) is 10.3 Å². The van der Waals surface area contributed by atoms with Gasteiger partial charge in [-0.15, -0.1) is 12.4 Å². The van der Waals surface area contributed by atoms with Gasteiger partial charge in [0.05, 0.1) is 18.2 Å². The van der Waals surface area contributed by atoms with Crippen LogP contribution in [0.15, 0.2) is 48.7 Å². The summed E-state index contributed by atoms with van der Waals surface area (Å²) in [6.07, 6.45) is 3.40. The van der Waals surface area contributed by atoms with Gasteiger partial charge in [-0.3, -0.25) is 0 Å². The Morgan fingerprint density at radius 2 is 1.91 bits per heavy atom. The fraction of sp³-hybridized carbons (Fsp3) is 0.280. The fourth-order valence-electron chi connectivity index (χ4n) is 4.04. The van der Waals surface area contributed by atoms with Gasteiger partial charge >= 0.3 is 5.97 Å². The summed E-state index contributed by atoms with van der Waals surface area (Å²) in [4.78, 5) is 15.5. The molecule has 35 heavy (non-hydrogen) atoms. The predicted molar refractivity (Wildman–Crippen MR) is 137 cm³/mol.